The number of aromatic nitrogens is 2. The third kappa shape index (κ3) is 2.26. The van der Waals surface area contributed by atoms with E-state index in [0.717, 1.165) is 37.0 Å². The molecule has 0 spiro atoms. The van der Waals surface area contributed by atoms with E-state index in [1.165, 1.54) is 11.3 Å². The average molecular weight is 254 g/mol. The second-order valence-electron chi connectivity index (χ2n) is 4.72. The van der Waals surface area contributed by atoms with Gasteiger partial charge in [0.2, 0.25) is 0 Å². The van der Waals surface area contributed by atoms with Gasteiger partial charge in [-0.05, 0) is 31.9 Å². The van der Waals surface area contributed by atoms with Gasteiger partial charge < -0.3 is 10.2 Å². The third-order valence-corrected chi connectivity index (χ3v) is 3.35. The molecule has 0 radical (unpaired) electrons. The first-order chi connectivity index (χ1) is 9.28. The highest BCUT2D eigenvalue weighted by molar-refractivity contribution is 5.68. The molecule has 1 aromatic heterocycles. The number of benzene rings is 1. The van der Waals surface area contributed by atoms with E-state index in [1.807, 2.05) is 13.0 Å². The molecular weight excluding hydrogens is 236 g/mol. The van der Waals surface area contributed by atoms with Crippen LogP contribution in [0.3, 0.4) is 0 Å². The standard InChI is InChI=1S/C15H18N4/c1-3-16-14-10-15(18-11(2)17-14)19-9-8-12-6-4-5-7-13(12)19/h4-7,10H,3,8-9H2,1-2H3,(H,16,17,18). The smallest absolute Gasteiger partial charge is 0.138 e. The minimum atomic E-state index is 0.804. The van der Waals surface area contributed by atoms with Gasteiger partial charge in [0.05, 0.1) is 0 Å². The molecule has 4 nitrogen and oxygen atoms in total. The molecule has 4 heteroatoms. The zero-order valence-corrected chi connectivity index (χ0v) is 11.3. The highest BCUT2D eigenvalue weighted by atomic mass is 15.2. The van der Waals surface area contributed by atoms with Gasteiger partial charge in [-0.3, -0.25) is 0 Å². The van der Waals surface area contributed by atoms with Crippen LogP contribution in [0.1, 0.15) is 18.3 Å². The molecule has 0 fully saturated rings. The Morgan fingerprint density at radius 2 is 2.11 bits per heavy atom. The summed E-state index contributed by atoms with van der Waals surface area (Å²) in [5.41, 5.74) is 2.66. The number of anilines is 3. The lowest BCUT2D eigenvalue weighted by molar-refractivity contribution is 0.943. The molecule has 0 aliphatic carbocycles. The maximum Gasteiger partial charge on any atom is 0.138 e. The van der Waals surface area contributed by atoms with Crippen LogP contribution in [-0.2, 0) is 6.42 Å². The SMILES string of the molecule is CCNc1cc(N2CCc3ccccc32)nc(C)n1. The summed E-state index contributed by atoms with van der Waals surface area (Å²) >= 11 is 0. The van der Waals surface area contributed by atoms with E-state index >= 15 is 0 Å². The summed E-state index contributed by atoms with van der Waals surface area (Å²) < 4.78 is 0. The molecule has 0 amide bonds. The van der Waals surface area contributed by atoms with Crippen molar-refractivity contribution in [2.24, 2.45) is 0 Å². The van der Waals surface area contributed by atoms with E-state index in [-0.39, 0.29) is 0 Å². The predicted octanol–water partition coefficient (Wildman–Crippen LogP) is 2.91. The summed E-state index contributed by atoms with van der Waals surface area (Å²) in [5.74, 6) is 2.68. The Morgan fingerprint density at radius 1 is 1.26 bits per heavy atom. The Bertz CT molecular complexity index is 594. The lowest BCUT2D eigenvalue weighted by atomic mass is 10.2. The van der Waals surface area contributed by atoms with Crippen molar-refractivity contribution in [2.45, 2.75) is 20.3 Å². The third-order valence-electron chi connectivity index (χ3n) is 3.35. The summed E-state index contributed by atoms with van der Waals surface area (Å²) in [6, 6.07) is 10.5. The van der Waals surface area contributed by atoms with Gasteiger partial charge in [-0.25, -0.2) is 9.97 Å². The molecule has 0 bridgehead atoms. The van der Waals surface area contributed by atoms with Crippen molar-refractivity contribution >= 4 is 17.3 Å². The lowest BCUT2D eigenvalue weighted by Crippen LogP contribution is -2.16. The van der Waals surface area contributed by atoms with E-state index < -0.39 is 0 Å². The van der Waals surface area contributed by atoms with Gasteiger partial charge >= 0.3 is 0 Å². The Hall–Kier alpha value is -2.10. The lowest BCUT2D eigenvalue weighted by Gasteiger charge is -2.19. The molecular formula is C15H18N4. The molecule has 2 aromatic rings. The second kappa shape index (κ2) is 4.88. The minimum absolute atomic E-state index is 0.804. The van der Waals surface area contributed by atoms with Gasteiger partial charge in [-0.2, -0.15) is 0 Å². The molecule has 98 valence electrons. The Morgan fingerprint density at radius 3 is 2.95 bits per heavy atom. The van der Waals surface area contributed by atoms with Crippen molar-refractivity contribution in [3.63, 3.8) is 0 Å². The van der Waals surface area contributed by atoms with E-state index in [1.54, 1.807) is 0 Å². The van der Waals surface area contributed by atoms with Gasteiger partial charge in [0, 0.05) is 24.8 Å². The topological polar surface area (TPSA) is 41.0 Å². The van der Waals surface area contributed by atoms with Crippen molar-refractivity contribution in [3.8, 4) is 0 Å². The van der Waals surface area contributed by atoms with Crippen LogP contribution < -0.4 is 10.2 Å². The van der Waals surface area contributed by atoms with Crippen LogP contribution in [0.15, 0.2) is 30.3 Å². The first kappa shape index (κ1) is 12.0. The number of fused-ring (bicyclic) bond motifs is 1. The fourth-order valence-corrected chi connectivity index (χ4v) is 2.54. The first-order valence-electron chi connectivity index (χ1n) is 6.73. The summed E-state index contributed by atoms with van der Waals surface area (Å²) in [6.07, 6.45) is 1.08. The Balaban J connectivity index is 1.99. The van der Waals surface area contributed by atoms with Crippen LogP contribution in [0, 0.1) is 6.92 Å². The number of hydrogen-bond acceptors (Lipinski definition) is 4. The number of nitrogens with zero attached hydrogens (tertiary/aromatic N) is 3. The molecule has 0 atom stereocenters. The summed E-state index contributed by atoms with van der Waals surface area (Å²) in [4.78, 5) is 11.2. The highest BCUT2D eigenvalue weighted by Crippen LogP contribution is 2.33. The number of hydrogen-bond donors (Lipinski definition) is 1. The van der Waals surface area contributed by atoms with E-state index in [9.17, 15) is 0 Å². The molecule has 1 aliphatic heterocycles. The van der Waals surface area contributed by atoms with Gasteiger partial charge in [0.15, 0.2) is 0 Å². The second-order valence-corrected chi connectivity index (χ2v) is 4.72. The quantitative estimate of drug-likeness (QED) is 0.914. The molecule has 0 saturated carbocycles. The van der Waals surface area contributed by atoms with Crippen LogP contribution in [-0.4, -0.2) is 23.1 Å². The van der Waals surface area contributed by atoms with E-state index in [4.69, 9.17) is 0 Å². The zero-order chi connectivity index (χ0) is 13.2. The number of aryl methyl sites for hydroxylation is 1. The molecule has 2 heterocycles. The monoisotopic (exact) mass is 254 g/mol. The van der Waals surface area contributed by atoms with Crippen molar-refractivity contribution < 1.29 is 0 Å². The summed E-state index contributed by atoms with van der Waals surface area (Å²) in [6.45, 7) is 5.86. The Labute approximate surface area is 113 Å². The van der Waals surface area contributed by atoms with Crippen LogP contribution in [0.2, 0.25) is 0 Å². The molecule has 1 aliphatic rings. The maximum absolute atomic E-state index is 4.57. The van der Waals surface area contributed by atoms with Crippen molar-refractivity contribution in [3.05, 3.63) is 41.7 Å². The maximum atomic E-state index is 4.57. The van der Waals surface area contributed by atoms with Gasteiger partial charge in [0.25, 0.3) is 0 Å². The highest BCUT2D eigenvalue weighted by Gasteiger charge is 2.21. The van der Waals surface area contributed by atoms with Crippen molar-refractivity contribution in [1.29, 1.82) is 0 Å². The van der Waals surface area contributed by atoms with E-state index in [0.29, 0.717) is 0 Å². The fourth-order valence-electron chi connectivity index (χ4n) is 2.54. The van der Waals surface area contributed by atoms with Crippen molar-refractivity contribution in [1.82, 2.24) is 9.97 Å². The van der Waals surface area contributed by atoms with Gasteiger partial charge in [-0.1, -0.05) is 18.2 Å². The number of rotatable bonds is 3. The summed E-state index contributed by atoms with van der Waals surface area (Å²) in [5, 5.41) is 3.26. The number of para-hydroxylation sites is 1. The molecule has 0 saturated heterocycles. The van der Waals surface area contributed by atoms with Crippen LogP contribution >= 0.6 is 0 Å². The predicted molar refractivity (Wildman–Crippen MR) is 78.1 cm³/mol. The van der Waals surface area contributed by atoms with Crippen LogP contribution in [0.4, 0.5) is 17.3 Å². The van der Waals surface area contributed by atoms with Crippen LogP contribution in [0.25, 0.3) is 0 Å². The molecule has 1 N–H and O–H groups in total. The van der Waals surface area contributed by atoms with Crippen LogP contribution in [0.5, 0.6) is 0 Å². The van der Waals surface area contributed by atoms with Gasteiger partial charge in [0.1, 0.15) is 17.5 Å². The molecule has 3 rings (SSSR count). The first-order valence-corrected chi connectivity index (χ1v) is 6.73. The molecule has 1 aromatic carbocycles. The van der Waals surface area contributed by atoms with E-state index in [2.05, 4.69) is 51.4 Å². The molecule has 0 unspecified atom stereocenters. The molecule has 19 heavy (non-hydrogen) atoms. The zero-order valence-electron chi connectivity index (χ0n) is 11.3. The number of nitrogens with one attached hydrogen (secondary N) is 1. The Kier molecular flexibility index (Phi) is 3.07. The normalized spacial score (nSPS) is 13.5. The largest absolute Gasteiger partial charge is 0.370 e. The van der Waals surface area contributed by atoms with Gasteiger partial charge in [-0.15, -0.1) is 0 Å². The summed E-state index contributed by atoms with van der Waals surface area (Å²) in [7, 11) is 0. The average Bonchev–Trinajstić information content (AvgIpc) is 2.82. The minimum Gasteiger partial charge on any atom is -0.370 e. The fraction of sp³-hybridized carbons (Fsp3) is 0.333. The van der Waals surface area contributed by atoms with Crippen molar-refractivity contribution in [2.75, 3.05) is 23.3 Å².